The van der Waals surface area contributed by atoms with Gasteiger partial charge >= 0.3 is 11.7 Å². The Morgan fingerprint density at radius 3 is 2.71 bits per heavy atom. The predicted molar refractivity (Wildman–Crippen MR) is 109 cm³/mol. The van der Waals surface area contributed by atoms with Crippen LogP contribution in [0.25, 0.3) is 10.9 Å². The number of aryl methyl sites for hydroxylation is 1. The van der Waals surface area contributed by atoms with Crippen LogP contribution in [0.2, 0.25) is 0 Å². The average molecular weight is 378 g/mol. The fourth-order valence-electron chi connectivity index (χ4n) is 3.38. The molecule has 1 aliphatic rings. The maximum absolute atomic E-state index is 12.6. The normalized spacial score (nSPS) is 16.2. The van der Waals surface area contributed by atoms with Gasteiger partial charge in [0.2, 0.25) is 0 Å². The zero-order valence-electron chi connectivity index (χ0n) is 15.6. The zero-order valence-corrected chi connectivity index (χ0v) is 15.6. The summed E-state index contributed by atoms with van der Waals surface area (Å²) in [6.45, 7) is 3.03. The van der Waals surface area contributed by atoms with Crippen molar-refractivity contribution in [3.05, 3.63) is 64.6 Å². The minimum absolute atomic E-state index is 0.0543. The van der Waals surface area contributed by atoms with Crippen LogP contribution in [0.1, 0.15) is 18.4 Å². The van der Waals surface area contributed by atoms with Gasteiger partial charge in [-0.3, -0.25) is 9.88 Å². The second kappa shape index (κ2) is 7.82. The maximum atomic E-state index is 12.6. The van der Waals surface area contributed by atoms with Crippen LogP contribution in [0.3, 0.4) is 0 Å². The second-order valence-electron chi connectivity index (χ2n) is 6.95. The number of amides is 2. The van der Waals surface area contributed by atoms with Gasteiger partial charge in [-0.25, -0.2) is 9.59 Å². The van der Waals surface area contributed by atoms with Gasteiger partial charge in [0, 0.05) is 17.7 Å². The molecule has 28 heavy (non-hydrogen) atoms. The number of rotatable bonds is 4. The van der Waals surface area contributed by atoms with Crippen molar-refractivity contribution in [2.75, 3.05) is 17.2 Å². The Bertz CT molecular complexity index is 1050. The summed E-state index contributed by atoms with van der Waals surface area (Å²) in [5.41, 5.74) is 1.92. The molecule has 1 fully saturated rings. The molecule has 2 amide bonds. The Morgan fingerprint density at radius 2 is 1.96 bits per heavy atom. The molecule has 0 saturated carbocycles. The third kappa shape index (κ3) is 3.89. The van der Waals surface area contributed by atoms with Gasteiger partial charge in [-0.2, -0.15) is 4.98 Å². The van der Waals surface area contributed by atoms with Crippen molar-refractivity contribution < 1.29 is 9.53 Å². The van der Waals surface area contributed by atoms with Crippen molar-refractivity contribution in [2.45, 2.75) is 32.4 Å². The van der Waals surface area contributed by atoms with Crippen molar-refractivity contribution in [3.8, 4) is 0 Å². The van der Waals surface area contributed by atoms with Gasteiger partial charge in [-0.05, 0) is 44.0 Å². The summed E-state index contributed by atoms with van der Waals surface area (Å²) in [4.78, 5) is 29.4. The van der Waals surface area contributed by atoms with Crippen molar-refractivity contribution in [1.29, 1.82) is 0 Å². The Balaban J connectivity index is 1.67. The van der Waals surface area contributed by atoms with Crippen LogP contribution in [-0.4, -0.2) is 28.3 Å². The molecule has 1 unspecified atom stereocenters. The summed E-state index contributed by atoms with van der Waals surface area (Å²) >= 11 is 0. The fourth-order valence-corrected chi connectivity index (χ4v) is 3.38. The molecule has 1 aliphatic heterocycles. The molecule has 7 nitrogen and oxygen atoms in total. The molecule has 1 atom stereocenters. The van der Waals surface area contributed by atoms with Crippen LogP contribution in [0.4, 0.5) is 16.3 Å². The molecule has 0 radical (unpaired) electrons. The highest BCUT2D eigenvalue weighted by molar-refractivity contribution is 6.04. The SMILES string of the molecule is Cc1ccc(NC(=O)Nc2c3ccccc3nc(=O)n2CC2CCCO2)cc1. The van der Waals surface area contributed by atoms with E-state index in [0.717, 1.165) is 18.4 Å². The molecule has 4 rings (SSSR count). The third-order valence-corrected chi connectivity index (χ3v) is 4.83. The first kappa shape index (κ1) is 18.2. The molecule has 2 N–H and O–H groups in total. The first-order chi connectivity index (χ1) is 13.6. The van der Waals surface area contributed by atoms with Gasteiger partial charge in [0.15, 0.2) is 0 Å². The van der Waals surface area contributed by atoms with E-state index >= 15 is 0 Å². The van der Waals surface area contributed by atoms with Gasteiger partial charge in [-0.1, -0.05) is 29.8 Å². The van der Waals surface area contributed by atoms with Gasteiger partial charge in [0.05, 0.1) is 18.2 Å². The molecule has 144 valence electrons. The Kier molecular flexibility index (Phi) is 5.08. The number of anilines is 2. The van der Waals surface area contributed by atoms with Crippen molar-refractivity contribution in [3.63, 3.8) is 0 Å². The number of nitrogens with zero attached hydrogens (tertiary/aromatic N) is 2. The van der Waals surface area contributed by atoms with E-state index in [-0.39, 0.29) is 6.10 Å². The minimum Gasteiger partial charge on any atom is -0.376 e. The molecular weight excluding hydrogens is 356 g/mol. The lowest BCUT2D eigenvalue weighted by molar-refractivity contribution is 0.0964. The van der Waals surface area contributed by atoms with Crippen LogP contribution >= 0.6 is 0 Å². The van der Waals surface area contributed by atoms with E-state index in [1.165, 1.54) is 4.57 Å². The molecule has 3 aromatic rings. The first-order valence-electron chi connectivity index (χ1n) is 9.36. The number of hydrogen-bond acceptors (Lipinski definition) is 4. The summed E-state index contributed by atoms with van der Waals surface area (Å²) < 4.78 is 7.17. The average Bonchev–Trinajstić information content (AvgIpc) is 3.19. The van der Waals surface area contributed by atoms with Gasteiger partial charge in [-0.15, -0.1) is 0 Å². The lowest BCUT2D eigenvalue weighted by Crippen LogP contribution is -2.33. The van der Waals surface area contributed by atoms with Crippen molar-refractivity contribution in [1.82, 2.24) is 9.55 Å². The number of benzene rings is 2. The van der Waals surface area contributed by atoms with E-state index in [4.69, 9.17) is 4.74 Å². The van der Waals surface area contributed by atoms with Gasteiger partial charge in [0.1, 0.15) is 5.82 Å². The first-order valence-corrected chi connectivity index (χ1v) is 9.36. The highest BCUT2D eigenvalue weighted by atomic mass is 16.5. The molecule has 0 aliphatic carbocycles. The molecule has 0 spiro atoms. The molecule has 2 heterocycles. The number of carbonyl (C=O) groups is 1. The highest BCUT2D eigenvalue weighted by Crippen LogP contribution is 2.23. The van der Waals surface area contributed by atoms with Crippen molar-refractivity contribution >= 4 is 28.4 Å². The quantitative estimate of drug-likeness (QED) is 0.727. The Morgan fingerprint density at radius 1 is 1.18 bits per heavy atom. The molecule has 1 aromatic heterocycles. The second-order valence-corrected chi connectivity index (χ2v) is 6.95. The lowest BCUT2D eigenvalue weighted by atomic mass is 10.2. The number of urea groups is 1. The monoisotopic (exact) mass is 378 g/mol. The standard InChI is InChI=1S/C21H22N4O3/c1-14-8-10-15(11-9-14)22-20(26)24-19-17-6-2-3-7-18(17)23-21(27)25(19)13-16-5-4-12-28-16/h2-3,6-11,16H,4-5,12-13H2,1H3,(H2,22,24,26). The van der Waals surface area contributed by atoms with Crippen LogP contribution < -0.4 is 16.3 Å². The summed E-state index contributed by atoms with van der Waals surface area (Å²) in [6, 6.07) is 14.4. The molecule has 7 heteroatoms. The van der Waals surface area contributed by atoms with E-state index in [1.54, 1.807) is 6.07 Å². The number of ether oxygens (including phenoxy) is 1. The molecule has 2 aromatic carbocycles. The number of hydrogen-bond donors (Lipinski definition) is 2. The van der Waals surface area contributed by atoms with E-state index in [0.29, 0.717) is 35.6 Å². The predicted octanol–water partition coefficient (Wildman–Crippen LogP) is 3.53. The smallest absolute Gasteiger partial charge is 0.349 e. The summed E-state index contributed by atoms with van der Waals surface area (Å²) in [5.74, 6) is 0.427. The molecular formula is C21H22N4O3. The van der Waals surface area contributed by atoms with Crippen LogP contribution in [-0.2, 0) is 11.3 Å². The topological polar surface area (TPSA) is 85.3 Å². The largest absolute Gasteiger partial charge is 0.376 e. The summed E-state index contributed by atoms with van der Waals surface area (Å²) in [5, 5.41) is 6.36. The number of nitrogens with one attached hydrogen (secondary N) is 2. The highest BCUT2D eigenvalue weighted by Gasteiger charge is 2.21. The fraction of sp³-hybridized carbons (Fsp3) is 0.286. The zero-order chi connectivity index (χ0) is 19.5. The number of aromatic nitrogens is 2. The van der Waals surface area contributed by atoms with E-state index in [1.807, 2.05) is 49.4 Å². The molecule has 1 saturated heterocycles. The van der Waals surface area contributed by atoms with Gasteiger partial charge in [0.25, 0.3) is 0 Å². The van der Waals surface area contributed by atoms with Crippen molar-refractivity contribution in [2.24, 2.45) is 0 Å². The van der Waals surface area contributed by atoms with Crippen LogP contribution in [0, 0.1) is 6.92 Å². The minimum atomic E-state index is -0.416. The number of carbonyl (C=O) groups excluding carboxylic acids is 1. The Labute approximate surface area is 162 Å². The van der Waals surface area contributed by atoms with E-state index in [2.05, 4.69) is 15.6 Å². The summed E-state index contributed by atoms with van der Waals surface area (Å²) in [7, 11) is 0. The third-order valence-electron chi connectivity index (χ3n) is 4.83. The van der Waals surface area contributed by atoms with Crippen LogP contribution in [0.15, 0.2) is 53.3 Å². The summed E-state index contributed by atoms with van der Waals surface area (Å²) in [6.07, 6.45) is 1.80. The number of fused-ring (bicyclic) bond motifs is 1. The Hall–Kier alpha value is -3.19. The number of para-hydroxylation sites is 1. The lowest BCUT2D eigenvalue weighted by Gasteiger charge is -2.18. The molecule has 0 bridgehead atoms. The van der Waals surface area contributed by atoms with Crippen LogP contribution in [0.5, 0.6) is 0 Å². The van der Waals surface area contributed by atoms with E-state index in [9.17, 15) is 9.59 Å². The van der Waals surface area contributed by atoms with Gasteiger partial charge < -0.3 is 10.1 Å². The van der Waals surface area contributed by atoms with E-state index < -0.39 is 11.7 Å². The maximum Gasteiger partial charge on any atom is 0.349 e.